The fourth-order valence-corrected chi connectivity index (χ4v) is 11.2. The van der Waals surface area contributed by atoms with Gasteiger partial charge in [0, 0.05) is 61.1 Å². The fraction of sp³-hybridized carbons (Fsp3) is 0.406. The number of hydrogen-bond donors (Lipinski definition) is 0. The Bertz CT molecular complexity index is 3120. The number of halogens is 1. The molecule has 1 fully saturated rings. The Morgan fingerprint density at radius 3 is 2.37 bits per heavy atom. The smallest absolute Gasteiger partial charge is 0.253 e. The summed E-state index contributed by atoms with van der Waals surface area (Å²) in [5, 5.41) is 8.70. The van der Waals surface area contributed by atoms with Crippen LogP contribution in [0, 0.1) is 11.2 Å². The average molecular weight is 1140 g/mol. The minimum absolute atomic E-state index is 0.0201. The Morgan fingerprint density at radius 2 is 1.62 bits per heavy atom. The third kappa shape index (κ3) is 16.2. The second-order valence-electron chi connectivity index (χ2n) is 20.3. The molecule has 81 heavy (non-hydrogen) atoms. The SMILES string of the molecule is CCSCc1c(-c2ccc(OCc3ccc(OCCCN4C(=O)C=CC4=O)cc3)c(/C=N/N(COCCOC)c3nc4ccccc4s3)c2)ccc2c(F)c(OCC3=CCC(OCCCCCCOCC4(CC)COC4)C=C3)ccc12. The Kier molecular flexibility index (Phi) is 21.9. The van der Waals surface area contributed by atoms with Crippen molar-refractivity contribution in [3.8, 4) is 28.4 Å². The summed E-state index contributed by atoms with van der Waals surface area (Å²) in [6.07, 6.45) is 17.3. The molecule has 2 amide bonds. The normalized spacial score (nSPS) is 15.8. The molecule has 1 aliphatic carbocycles. The van der Waals surface area contributed by atoms with E-state index < -0.39 is 5.82 Å². The van der Waals surface area contributed by atoms with Crippen LogP contribution in [0.25, 0.3) is 32.1 Å². The van der Waals surface area contributed by atoms with E-state index in [0.717, 1.165) is 114 Å². The first kappa shape index (κ1) is 59.2. The molecule has 14 nitrogen and oxygen atoms in total. The number of para-hydroxylation sites is 1. The number of carbonyl (C=O) groups excluding carboxylic acids is 2. The zero-order chi connectivity index (χ0) is 56.2. The number of unbranched alkanes of at least 4 members (excludes halogenated alkanes) is 3. The number of hydrogen-bond acceptors (Lipinski definition) is 15. The minimum atomic E-state index is -0.391. The molecule has 0 spiro atoms. The van der Waals surface area contributed by atoms with Crippen LogP contribution in [0.2, 0.25) is 0 Å². The summed E-state index contributed by atoms with van der Waals surface area (Å²) in [5.41, 5.74) is 6.61. The topological polar surface area (TPSA) is 140 Å². The molecule has 0 bridgehead atoms. The number of nitrogens with zero attached hydrogens (tertiary/aromatic N) is 4. The van der Waals surface area contributed by atoms with Crippen LogP contribution in [-0.2, 0) is 45.6 Å². The summed E-state index contributed by atoms with van der Waals surface area (Å²) >= 11 is 3.30. The van der Waals surface area contributed by atoms with Crippen LogP contribution in [0.5, 0.6) is 17.2 Å². The Hall–Kier alpha value is -6.44. The summed E-state index contributed by atoms with van der Waals surface area (Å²) < 4.78 is 65.1. The number of benzene rings is 5. The van der Waals surface area contributed by atoms with E-state index in [-0.39, 0.29) is 49.0 Å². The van der Waals surface area contributed by atoms with Gasteiger partial charge in [-0.15, -0.1) is 0 Å². The number of imide groups is 1. The quantitative estimate of drug-likeness (QED) is 0.0125. The molecule has 0 saturated carbocycles. The van der Waals surface area contributed by atoms with Gasteiger partial charge < -0.3 is 37.9 Å². The van der Waals surface area contributed by atoms with Gasteiger partial charge in [-0.1, -0.05) is 105 Å². The molecular formula is C64H73FN4O10S2. The molecule has 0 radical (unpaired) electrons. The van der Waals surface area contributed by atoms with Gasteiger partial charge in [-0.2, -0.15) is 16.9 Å². The average Bonchev–Trinajstić information content (AvgIpc) is 4.15. The van der Waals surface area contributed by atoms with Crippen LogP contribution in [0.1, 0.15) is 75.5 Å². The molecule has 17 heteroatoms. The molecule has 5 aromatic carbocycles. The first-order valence-corrected chi connectivity index (χ1v) is 30.1. The van der Waals surface area contributed by atoms with Crippen molar-refractivity contribution in [1.29, 1.82) is 0 Å². The third-order valence-electron chi connectivity index (χ3n) is 14.5. The van der Waals surface area contributed by atoms with Crippen LogP contribution >= 0.6 is 23.1 Å². The molecule has 0 N–H and O–H groups in total. The lowest BCUT2D eigenvalue weighted by atomic mass is 9.84. The van der Waals surface area contributed by atoms with Gasteiger partial charge in [0.05, 0.1) is 62.2 Å². The molecule has 3 aliphatic rings. The van der Waals surface area contributed by atoms with Crippen molar-refractivity contribution in [3.63, 3.8) is 0 Å². The zero-order valence-corrected chi connectivity index (χ0v) is 48.2. The monoisotopic (exact) mass is 1140 g/mol. The van der Waals surface area contributed by atoms with Gasteiger partial charge in [0.2, 0.25) is 5.13 Å². The highest BCUT2D eigenvalue weighted by Gasteiger charge is 2.37. The maximum atomic E-state index is 16.6. The molecule has 2 aliphatic heterocycles. The van der Waals surface area contributed by atoms with E-state index in [2.05, 4.69) is 32.1 Å². The van der Waals surface area contributed by atoms with Gasteiger partial charge in [-0.3, -0.25) is 14.5 Å². The van der Waals surface area contributed by atoms with Gasteiger partial charge in [0.1, 0.15) is 31.4 Å². The van der Waals surface area contributed by atoms with Crippen molar-refractivity contribution < 1.29 is 51.9 Å². The standard InChI is InChI=1S/C64H73FN4O10S2/c1-4-64(43-75-44-64)42-73-32-10-6-7-11-33-76-50-20-17-47(18-21-50)40-79-58-28-26-53-54(62(58)65)25-24-52(55(53)41-80-5-2)48-19-27-57(78-39-46-15-22-51(23-16-46)77-34-12-31-68-60(70)29-30-61(68)71)49(37-48)38-66-69(45-74-36-35-72-3)63-67-56-13-8-9-14-59(56)81-63/h8-9,13-20,22-30,37-38,50H,4-7,10-12,21,31-36,39-45H2,1-3H3/b66-38+. The largest absolute Gasteiger partial charge is 0.494 e. The van der Waals surface area contributed by atoms with Crippen LogP contribution in [0.15, 0.2) is 132 Å². The van der Waals surface area contributed by atoms with Gasteiger partial charge in [0.25, 0.3) is 11.8 Å². The third-order valence-corrected chi connectivity index (χ3v) is 16.5. The Balaban J connectivity index is 0.870. The molecule has 1 saturated heterocycles. The lowest BCUT2D eigenvalue weighted by molar-refractivity contribution is -0.150. The molecule has 428 valence electrons. The van der Waals surface area contributed by atoms with Crippen molar-refractivity contribution in [2.24, 2.45) is 10.5 Å². The molecule has 1 atom stereocenters. The number of thioether (sulfide) groups is 1. The van der Waals surface area contributed by atoms with Crippen molar-refractivity contribution in [1.82, 2.24) is 9.88 Å². The lowest BCUT2D eigenvalue weighted by Crippen LogP contribution is -2.45. The molecular weight excluding hydrogens is 1070 g/mol. The fourth-order valence-electron chi connectivity index (χ4n) is 9.54. The van der Waals surface area contributed by atoms with Gasteiger partial charge in [0.15, 0.2) is 11.6 Å². The number of ether oxygens (including phenoxy) is 8. The summed E-state index contributed by atoms with van der Waals surface area (Å²) in [5.74, 6) is 2.02. The minimum Gasteiger partial charge on any atom is -0.494 e. The van der Waals surface area contributed by atoms with E-state index in [1.54, 1.807) is 36.2 Å². The highest BCUT2D eigenvalue weighted by molar-refractivity contribution is 7.98. The number of rotatable bonds is 34. The first-order chi connectivity index (χ1) is 39.7. The number of anilines is 1. The van der Waals surface area contributed by atoms with Crippen molar-refractivity contribution in [2.45, 2.75) is 77.3 Å². The van der Waals surface area contributed by atoms with Crippen LogP contribution in [0.4, 0.5) is 9.52 Å². The summed E-state index contributed by atoms with van der Waals surface area (Å²) in [4.78, 5) is 29.9. The van der Waals surface area contributed by atoms with E-state index in [9.17, 15) is 9.59 Å². The zero-order valence-electron chi connectivity index (χ0n) is 46.6. The highest BCUT2D eigenvalue weighted by Crippen LogP contribution is 2.39. The number of carbonyl (C=O) groups is 2. The van der Waals surface area contributed by atoms with Crippen molar-refractivity contribution >= 4 is 67.2 Å². The van der Waals surface area contributed by atoms with E-state index in [4.69, 9.17) is 48.0 Å². The number of thiazole rings is 1. The van der Waals surface area contributed by atoms with Gasteiger partial charge >= 0.3 is 0 Å². The highest BCUT2D eigenvalue weighted by atomic mass is 32.2. The maximum absolute atomic E-state index is 16.6. The molecule has 3 heterocycles. The summed E-state index contributed by atoms with van der Waals surface area (Å²) in [7, 11) is 1.63. The van der Waals surface area contributed by atoms with Gasteiger partial charge in [-0.05, 0) is 114 Å². The number of amides is 2. The predicted molar refractivity (Wildman–Crippen MR) is 320 cm³/mol. The molecule has 9 rings (SSSR count). The van der Waals surface area contributed by atoms with E-state index in [1.165, 1.54) is 28.4 Å². The summed E-state index contributed by atoms with van der Waals surface area (Å²) in [6.45, 7) is 10.4. The number of aromatic nitrogens is 1. The number of hydrazone groups is 1. The van der Waals surface area contributed by atoms with E-state index in [0.29, 0.717) is 72.7 Å². The first-order valence-electron chi connectivity index (χ1n) is 28.1. The second-order valence-corrected chi connectivity index (χ2v) is 22.6. The Labute approximate surface area is 482 Å². The van der Waals surface area contributed by atoms with Crippen LogP contribution < -0.4 is 19.2 Å². The van der Waals surface area contributed by atoms with Gasteiger partial charge in [-0.25, -0.2) is 14.4 Å². The number of methoxy groups -OCH3 is 1. The van der Waals surface area contributed by atoms with Crippen molar-refractivity contribution in [3.05, 3.63) is 149 Å². The molecule has 6 aromatic rings. The Morgan fingerprint density at radius 1 is 0.827 bits per heavy atom. The van der Waals surface area contributed by atoms with Crippen molar-refractivity contribution in [2.75, 3.05) is 90.6 Å². The lowest BCUT2D eigenvalue weighted by Gasteiger charge is -2.40. The van der Waals surface area contributed by atoms with E-state index in [1.807, 2.05) is 84.9 Å². The molecule has 1 unspecified atom stereocenters. The number of fused-ring (bicyclic) bond motifs is 2. The molecule has 1 aromatic heterocycles. The predicted octanol–water partition coefficient (Wildman–Crippen LogP) is 12.9. The van der Waals surface area contributed by atoms with Crippen LogP contribution in [-0.4, -0.2) is 120 Å². The van der Waals surface area contributed by atoms with E-state index >= 15 is 4.39 Å². The maximum Gasteiger partial charge on any atom is 0.253 e. The second kappa shape index (κ2) is 30.0. The van der Waals surface area contributed by atoms with Crippen LogP contribution in [0.3, 0.4) is 0 Å². The summed E-state index contributed by atoms with van der Waals surface area (Å²) in [6, 6.07) is 29.2.